The van der Waals surface area contributed by atoms with Crippen molar-refractivity contribution in [1.82, 2.24) is 14.7 Å². The molecule has 0 aliphatic carbocycles. The summed E-state index contributed by atoms with van der Waals surface area (Å²) in [5.74, 6) is 0.163. The van der Waals surface area contributed by atoms with Gasteiger partial charge < -0.3 is 10.2 Å². The number of nitrogens with one attached hydrogen (secondary N) is 1. The minimum atomic E-state index is -0.286. The van der Waals surface area contributed by atoms with Crippen molar-refractivity contribution in [3.63, 3.8) is 0 Å². The molecule has 0 aliphatic heterocycles. The number of halogens is 2. The average Bonchev–Trinajstić information content (AvgIpc) is 3.28. The van der Waals surface area contributed by atoms with Crippen molar-refractivity contribution in [3.05, 3.63) is 64.6 Å². The molecule has 3 rings (SSSR count). The van der Waals surface area contributed by atoms with Crippen molar-refractivity contribution in [2.75, 3.05) is 18.4 Å². The third kappa shape index (κ3) is 6.86. The van der Waals surface area contributed by atoms with E-state index in [1.165, 1.54) is 0 Å². The molecule has 0 spiro atoms. The third-order valence-electron chi connectivity index (χ3n) is 5.97. The summed E-state index contributed by atoms with van der Waals surface area (Å²) in [4.78, 5) is 27.7. The average molecular weight is 515 g/mol. The Balaban J connectivity index is 1.86. The summed E-state index contributed by atoms with van der Waals surface area (Å²) in [5, 5.41) is 8.47. The molecule has 2 amide bonds. The van der Waals surface area contributed by atoms with Gasteiger partial charge in [0.25, 0.3) is 0 Å². The van der Waals surface area contributed by atoms with E-state index in [1.807, 2.05) is 50.2 Å². The summed E-state index contributed by atoms with van der Waals surface area (Å²) in [6.07, 6.45) is 3.65. The highest BCUT2D eigenvalue weighted by molar-refractivity contribution is 6.42. The van der Waals surface area contributed by atoms with Gasteiger partial charge in [-0.3, -0.25) is 9.59 Å². The van der Waals surface area contributed by atoms with Crippen LogP contribution in [0.1, 0.15) is 46.5 Å². The Morgan fingerprint density at radius 3 is 2.40 bits per heavy atom. The molecule has 1 heterocycles. The van der Waals surface area contributed by atoms with Crippen molar-refractivity contribution in [1.29, 1.82) is 0 Å². The lowest BCUT2D eigenvalue weighted by atomic mass is 9.97. The summed E-state index contributed by atoms with van der Waals surface area (Å²) in [6, 6.07) is 16.7. The number of carbonyl (C=O) groups excluding carboxylic acids is 2. The number of unbranched alkanes of at least 4 members (excludes halogenated alkanes) is 1. The van der Waals surface area contributed by atoms with E-state index in [0.717, 1.165) is 31.2 Å². The van der Waals surface area contributed by atoms with Gasteiger partial charge in [-0.2, -0.15) is 5.10 Å². The molecule has 1 unspecified atom stereocenters. The maximum atomic E-state index is 13.1. The van der Waals surface area contributed by atoms with Crippen molar-refractivity contribution in [2.45, 2.75) is 46.5 Å². The molecular formula is C27H32Cl2N4O2. The van der Waals surface area contributed by atoms with Crippen LogP contribution in [0.5, 0.6) is 0 Å². The second kappa shape index (κ2) is 12.8. The standard InChI is InChI=1S/C27H32Cl2N4O2/c1-4-7-11-19(5-2)27(35)32(6-3)18-26(34)30-25-17-24(20-12-9-8-10-13-20)31-33(25)21-14-15-22(28)23(29)16-21/h8-10,12-17,19H,4-7,11,18H2,1-3H3,(H,30,34). The van der Waals surface area contributed by atoms with Crippen LogP contribution in [0.2, 0.25) is 10.0 Å². The number of rotatable bonds is 11. The van der Waals surface area contributed by atoms with Crippen LogP contribution in [0.15, 0.2) is 54.6 Å². The van der Waals surface area contributed by atoms with Crippen molar-refractivity contribution >= 4 is 40.8 Å². The van der Waals surface area contributed by atoms with Gasteiger partial charge in [0.2, 0.25) is 11.8 Å². The Labute approximate surface area is 217 Å². The molecule has 3 aromatic rings. The first-order valence-electron chi connectivity index (χ1n) is 12.1. The molecule has 1 aromatic heterocycles. The highest BCUT2D eigenvalue weighted by atomic mass is 35.5. The second-order valence-electron chi connectivity index (χ2n) is 8.44. The van der Waals surface area contributed by atoms with Gasteiger partial charge in [0.15, 0.2) is 0 Å². The number of hydrogen-bond donors (Lipinski definition) is 1. The first-order valence-corrected chi connectivity index (χ1v) is 12.8. The van der Waals surface area contributed by atoms with Gasteiger partial charge in [0.1, 0.15) is 5.82 Å². The molecular weight excluding hydrogens is 483 g/mol. The largest absolute Gasteiger partial charge is 0.333 e. The van der Waals surface area contributed by atoms with E-state index in [1.54, 1.807) is 27.8 Å². The van der Waals surface area contributed by atoms with Crippen LogP contribution >= 0.6 is 23.2 Å². The quantitative estimate of drug-likeness (QED) is 0.304. The molecule has 186 valence electrons. The van der Waals surface area contributed by atoms with E-state index in [9.17, 15) is 9.59 Å². The second-order valence-corrected chi connectivity index (χ2v) is 9.25. The van der Waals surface area contributed by atoms with E-state index in [0.29, 0.717) is 33.8 Å². The lowest BCUT2D eigenvalue weighted by Gasteiger charge is -2.25. The van der Waals surface area contributed by atoms with Crippen LogP contribution in [-0.2, 0) is 9.59 Å². The third-order valence-corrected chi connectivity index (χ3v) is 6.71. The number of aromatic nitrogens is 2. The number of hydrogen-bond acceptors (Lipinski definition) is 3. The van der Waals surface area contributed by atoms with E-state index < -0.39 is 0 Å². The molecule has 0 saturated heterocycles. The first-order chi connectivity index (χ1) is 16.9. The van der Waals surface area contributed by atoms with Gasteiger partial charge in [-0.05, 0) is 38.0 Å². The molecule has 0 fully saturated rings. The number of benzene rings is 2. The SMILES string of the molecule is CCCCC(CC)C(=O)N(CC)CC(=O)Nc1cc(-c2ccccc2)nn1-c1ccc(Cl)c(Cl)c1. The predicted octanol–water partition coefficient (Wildman–Crippen LogP) is 6.85. The van der Waals surface area contributed by atoms with E-state index in [-0.39, 0.29) is 24.3 Å². The summed E-state index contributed by atoms with van der Waals surface area (Å²) in [7, 11) is 0. The molecule has 1 atom stereocenters. The Kier molecular flexibility index (Phi) is 9.75. The Morgan fingerprint density at radius 2 is 1.77 bits per heavy atom. The van der Waals surface area contributed by atoms with Gasteiger partial charge >= 0.3 is 0 Å². The number of anilines is 1. The predicted molar refractivity (Wildman–Crippen MR) is 143 cm³/mol. The summed E-state index contributed by atoms with van der Waals surface area (Å²) in [6.45, 7) is 6.47. The molecule has 6 nitrogen and oxygen atoms in total. The van der Waals surface area contributed by atoms with Crippen LogP contribution in [0.3, 0.4) is 0 Å². The molecule has 0 aliphatic rings. The molecule has 8 heteroatoms. The number of amides is 2. The minimum absolute atomic E-state index is 0.0226. The van der Waals surface area contributed by atoms with E-state index >= 15 is 0 Å². The van der Waals surface area contributed by atoms with E-state index in [4.69, 9.17) is 28.3 Å². The van der Waals surface area contributed by atoms with Gasteiger partial charge in [-0.15, -0.1) is 0 Å². The fraction of sp³-hybridized carbons (Fsp3) is 0.370. The Hall–Kier alpha value is -2.83. The summed E-state index contributed by atoms with van der Waals surface area (Å²) >= 11 is 12.3. The van der Waals surface area contributed by atoms with E-state index in [2.05, 4.69) is 12.2 Å². The zero-order chi connectivity index (χ0) is 25.4. The van der Waals surface area contributed by atoms with Crippen molar-refractivity contribution in [3.8, 4) is 16.9 Å². The molecule has 1 N–H and O–H groups in total. The van der Waals surface area contributed by atoms with Gasteiger partial charge in [0.05, 0.1) is 28.0 Å². The van der Waals surface area contributed by atoms with Crippen molar-refractivity contribution in [2.24, 2.45) is 5.92 Å². The van der Waals surface area contributed by atoms with Crippen LogP contribution in [-0.4, -0.2) is 39.6 Å². The lowest BCUT2D eigenvalue weighted by Crippen LogP contribution is -2.41. The molecule has 0 bridgehead atoms. The Morgan fingerprint density at radius 1 is 1.03 bits per heavy atom. The zero-order valence-corrected chi connectivity index (χ0v) is 21.9. The molecule has 0 saturated carbocycles. The lowest BCUT2D eigenvalue weighted by molar-refractivity contribution is -0.138. The zero-order valence-electron chi connectivity index (χ0n) is 20.4. The van der Waals surface area contributed by atoms with Crippen LogP contribution in [0, 0.1) is 5.92 Å². The smallest absolute Gasteiger partial charge is 0.245 e. The highest BCUT2D eigenvalue weighted by Crippen LogP contribution is 2.29. The van der Waals surface area contributed by atoms with Crippen LogP contribution < -0.4 is 5.32 Å². The highest BCUT2D eigenvalue weighted by Gasteiger charge is 2.24. The van der Waals surface area contributed by atoms with Gasteiger partial charge in [-0.25, -0.2) is 4.68 Å². The first kappa shape index (κ1) is 26.8. The minimum Gasteiger partial charge on any atom is -0.333 e. The molecule has 35 heavy (non-hydrogen) atoms. The van der Waals surface area contributed by atoms with Crippen LogP contribution in [0.4, 0.5) is 5.82 Å². The fourth-order valence-electron chi connectivity index (χ4n) is 3.95. The topological polar surface area (TPSA) is 67.2 Å². The number of carbonyl (C=O) groups is 2. The summed E-state index contributed by atoms with van der Waals surface area (Å²) in [5.41, 5.74) is 2.26. The Bertz CT molecular complexity index is 1150. The van der Waals surface area contributed by atoms with Crippen LogP contribution in [0.25, 0.3) is 16.9 Å². The maximum Gasteiger partial charge on any atom is 0.245 e. The van der Waals surface area contributed by atoms with Gasteiger partial charge in [-0.1, -0.05) is 80.2 Å². The number of nitrogens with zero attached hydrogens (tertiary/aromatic N) is 3. The molecule has 0 radical (unpaired) electrons. The fourth-order valence-corrected chi connectivity index (χ4v) is 4.24. The van der Waals surface area contributed by atoms with Gasteiger partial charge in [0, 0.05) is 24.1 Å². The number of likely N-dealkylation sites (N-methyl/N-ethyl adjacent to an activating group) is 1. The monoisotopic (exact) mass is 514 g/mol. The summed E-state index contributed by atoms with van der Waals surface area (Å²) < 4.78 is 1.62. The molecule has 2 aromatic carbocycles. The van der Waals surface area contributed by atoms with Crippen molar-refractivity contribution < 1.29 is 9.59 Å². The maximum absolute atomic E-state index is 13.1. The normalized spacial score (nSPS) is 11.8.